The quantitative estimate of drug-likeness (QED) is 0.373. The number of esters is 1. The molecule has 2 aliphatic heterocycles. The molecule has 0 aliphatic carbocycles. The number of guanidine groups is 1. The predicted molar refractivity (Wildman–Crippen MR) is 109 cm³/mol. The highest BCUT2D eigenvalue weighted by Gasteiger charge is 2.28. The first kappa shape index (κ1) is 19.3. The first-order valence-corrected chi connectivity index (χ1v) is 9.82. The van der Waals surface area contributed by atoms with Gasteiger partial charge >= 0.3 is 5.97 Å². The van der Waals surface area contributed by atoms with Crippen molar-refractivity contribution in [1.29, 1.82) is 0 Å². The van der Waals surface area contributed by atoms with E-state index in [9.17, 15) is 4.79 Å². The Kier molecular flexibility index (Phi) is 6.74. The van der Waals surface area contributed by atoms with Crippen molar-refractivity contribution in [3.63, 3.8) is 0 Å². The molecular formula is C21H30N4O2. The number of carbonyl (C=O) groups is 1. The van der Waals surface area contributed by atoms with Crippen LogP contribution in [0.5, 0.6) is 0 Å². The van der Waals surface area contributed by atoms with Crippen LogP contribution in [0.2, 0.25) is 0 Å². The van der Waals surface area contributed by atoms with Gasteiger partial charge in [0.1, 0.15) is 0 Å². The number of nitrogens with zero attached hydrogens (tertiary/aromatic N) is 3. The van der Waals surface area contributed by atoms with Crippen LogP contribution in [0.4, 0.5) is 5.69 Å². The van der Waals surface area contributed by atoms with Crippen molar-refractivity contribution in [2.45, 2.75) is 26.3 Å². The van der Waals surface area contributed by atoms with Crippen molar-refractivity contribution >= 4 is 17.6 Å². The van der Waals surface area contributed by atoms with Gasteiger partial charge < -0.3 is 19.9 Å². The third-order valence-corrected chi connectivity index (χ3v) is 5.10. The van der Waals surface area contributed by atoms with Crippen LogP contribution in [-0.2, 0) is 16.1 Å². The second-order valence-electron chi connectivity index (χ2n) is 6.98. The van der Waals surface area contributed by atoms with E-state index in [0.717, 1.165) is 38.4 Å². The van der Waals surface area contributed by atoms with E-state index in [1.165, 1.54) is 11.3 Å². The zero-order valence-corrected chi connectivity index (χ0v) is 16.4. The summed E-state index contributed by atoms with van der Waals surface area (Å²) in [7, 11) is 1.79. The number of likely N-dealkylation sites (tertiary alicyclic amines) is 1. The van der Waals surface area contributed by atoms with E-state index in [4.69, 9.17) is 4.74 Å². The maximum absolute atomic E-state index is 12.1. The Labute approximate surface area is 161 Å². The lowest BCUT2D eigenvalue weighted by atomic mass is 9.98. The number of rotatable bonds is 5. The summed E-state index contributed by atoms with van der Waals surface area (Å²) in [4.78, 5) is 21.0. The number of aliphatic imine (C=N–C) groups is 1. The molecular weight excluding hydrogens is 340 g/mol. The normalized spacial score (nSPS) is 20.1. The van der Waals surface area contributed by atoms with Crippen molar-refractivity contribution in [2.75, 3.05) is 44.7 Å². The molecule has 1 fully saturated rings. The molecule has 6 nitrogen and oxygen atoms in total. The summed E-state index contributed by atoms with van der Waals surface area (Å²) in [5.74, 6) is 0.685. The second kappa shape index (κ2) is 9.44. The fourth-order valence-electron chi connectivity index (χ4n) is 3.69. The van der Waals surface area contributed by atoms with Crippen LogP contribution < -0.4 is 10.2 Å². The van der Waals surface area contributed by atoms with E-state index in [1.54, 1.807) is 7.05 Å². The lowest BCUT2D eigenvalue weighted by molar-refractivity contribution is -0.149. The molecule has 0 saturated carbocycles. The summed E-state index contributed by atoms with van der Waals surface area (Å²) in [5.41, 5.74) is 2.47. The molecule has 1 unspecified atom stereocenters. The zero-order valence-electron chi connectivity index (χ0n) is 16.4. The molecule has 1 aromatic rings. The number of hydrogen-bond donors (Lipinski definition) is 1. The molecule has 1 N–H and O–H groups in total. The summed E-state index contributed by atoms with van der Waals surface area (Å²) < 4.78 is 5.20. The van der Waals surface area contributed by atoms with Crippen molar-refractivity contribution in [2.24, 2.45) is 10.9 Å². The van der Waals surface area contributed by atoms with Gasteiger partial charge in [-0.25, -0.2) is 0 Å². The molecule has 146 valence electrons. The largest absolute Gasteiger partial charge is 0.466 e. The molecule has 0 aromatic heterocycles. The lowest BCUT2D eigenvalue weighted by Gasteiger charge is -2.34. The zero-order chi connectivity index (χ0) is 19.1. The monoisotopic (exact) mass is 370 g/mol. The summed E-state index contributed by atoms with van der Waals surface area (Å²) in [5, 5.41) is 3.45. The average molecular weight is 370 g/mol. The minimum atomic E-state index is -0.0930. The molecule has 6 heteroatoms. The average Bonchev–Trinajstić information content (AvgIpc) is 3.24. The summed E-state index contributed by atoms with van der Waals surface area (Å²) in [6.07, 6.45) is 6.26. The topological polar surface area (TPSA) is 57.2 Å². The van der Waals surface area contributed by atoms with Crippen LogP contribution in [-0.4, -0.2) is 56.7 Å². The highest BCUT2D eigenvalue weighted by Crippen LogP contribution is 2.20. The Balaban J connectivity index is 1.57. The number of piperidine rings is 1. The summed E-state index contributed by atoms with van der Waals surface area (Å²) >= 11 is 0. The van der Waals surface area contributed by atoms with E-state index < -0.39 is 0 Å². The van der Waals surface area contributed by atoms with Gasteiger partial charge in [0, 0.05) is 45.5 Å². The molecule has 1 atom stereocenters. The second-order valence-corrected chi connectivity index (χ2v) is 6.98. The summed E-state index contributed by atoms with van der Waals surface area (Å²) in [6.45, 7) is 6.52. The van der Waals surface area contributed by atoms with Crippen molar-refractivity contribution in [3.8, 4) is 0 Å². The number of benzene rings is 1. The molecule has 1 saturated heterocycles. The smallest absolute Gasteiger partial charge is 0.310 e. The summed E-state index contributed by atoms with van der Waals surface area (Å²) in [6, 6.07) is 8.61. The van der Waals surface area contributed by atoms with Gasteiger partial charge in [0.05, 0.1) is 12.5 Å². The Bertz CT molecular complexity index is 693. The standard InChI is InChI=1S/C21H30N4O2/c1-3-27-20(26)18-9-7-13-25(16-18)21(22-2)23-15-17-8-6-10-19(14-17)24-11-4-5-12-24/h4-6,8,10,14,18H,3,7,9,11-13,15-16H2,1-2H3,(H,22,23). The fraction of sp³-hybridized carbons (Fsp3) is 0.524. The van der Waals surface area contributed by atoms with Gasteiger partial charge in [0.2, 0.25) is 0 Å². The highest BCUT2D eigenvalue weighted by molar-refractivity contribution is 5.81. The van der Waals surface area contributed by atoms with Gasteiger partial charge in [0.15, 0.2) is 5.96 Å². The van der Waals surface area contributed by atoms with Crippen LogP contribution in [0.3, 0.4) is 0 Å². The van der Waals surface area contributed by atoms with Crippen LogP contribution in [0, 0.1) is 5.92 Å². The van der Waals surface area contributed by atoms with E-state index >= 15 is 0 Å². The maximum Gasteiger partial charge on any atom is 0.310 e. The molecule has 1 aromatic carbocycles. The molecule has 27 heavy (non-hydrogen) atoms. The van der Waals surface area contributed by atoms with Gasteiger partial charge in [-0.1, -0.05) is 24.3 Å². The first-order chi connectivity index (χ1) is 13.2. The number of nitrogens with one attached hydrogen (secondary N) is 1. The molecule has 2 aliphatic rings. The van der Waals surface area contributed by atoms with Gasteiger partial charge in [-0.3, -0.25) is 9.79 Å². The molecule has 0 amide bonds. The maximum atomic E-state index is 12.1. The predicted octanol–water partition coefficient (Wildman–Crippen LogP) is 2.41. The molecule has 0 bridgehead atoms. The number of anilines is 1. The molecule has 0 radical (unpaired) electrons. The minimum absolute atomic E-state index is 0.0664. The van der Waals surface area contributed by atoms with E-state index in [2.05, 4.69) is 56.5 Å². The highest BCUT2D eigenvalue weighted by atomic mass is 16.5. The third-order valence-electron chi connectivity index (χ3n) is 5.10. The SMILES string of the molecule is CCOC(=O)C1CCCN(C(=NC)NCc2cccc(N3CC=CC3)c2)C1. The Morgan fingerprint density at radius 2 is 2.15 bits per heavy atom. The van der Waals surface area contributed by atoms with Crippen LogP contribution in [0.15, 0.2) is 41.4 Å². The van der Waals surface area contributed by atoms with Crippen molar-refractivity contribution in [3.05, 3.63) is 42.0 Å². The van der Waals surface area contributed by atoms with Gasteiger partial charge in [0.25, 0.3) is 0 Å². The fourth-order valence-corrected chi connectivity index (χ4v) is 3.69. The molecule has 3 rings (SSSR count). The van der Waals surface area contributed by atoms with Gasteiger partial charge in [-0.15, -0.1) is 0 Å². The van der Waals surface area contributed by atoms with Gasteiger partial charge in [-0.05, 0) is 37.5 Å². The Morgan fingerprint density at radius 3 is 2.89 bits per heavy atom. The van der Waals surface area contributed by atoms with Crippen molar-refractivity contribution < 1.29 is 9.53 Å². The number of ether oxygens (including phenoxy) is 1. The lowest BCUT2D eigenvalue weighted by Crippen LogP contribution is -2.48. The van der Waals surface area contributed by atoms with Crippen LogP contribution >= 0.6 is 0 Å². The van der Waals surface area contributed by atoms with Crippen LogP contribution in [0.25, 0.3) is 0 Å². The van der Waals surface area contributed by atoms with E-state index in [-0.39, 0.29) is 11.9 Å². The number of carbonyl (C=O) groups excluding carboxylic acids is 1. The number of hydrogen-bond acceptors (Lipinski definition) is 4. The van der Waals surface area contributed by atoms with Crippen LogP contribution in [0.1, 0.15) is 25.3 Å². The molecule has 2 heterocycles. The Morgan fingerprint density at radius 1 is 1.33 bits per heavy atom. The van der Waals surface area contributed by atoms with Crippen molar-refractivity contribution in [1.82, 2.24) is 10.2 Å². The van der Waals surface area contributed by atoms with E-state index in [0.29, 0.717) is 19.7 Å². The Hall–Kier alpha value is -2.50. The first-order valence-electron chi connectivity index (χ1n) is 9.82. The molecule has 0 spiro atoms. The van der Waals surface area contributed by atoms with E-state index in [1.807, 2.05) is 6.92 Å². The van der Waals surface area contributed by atoms with Gasteiger partial charge in [-0.2, -0.15) is 0 Å². The third kappa shape index (κ3) is 5.02. The minimum Gasteiger partial charge on any atom is -0.466 e.